The van der Waals surface area contributed by atoms with Gasteiger partial charge in [0.15, 0.2) is 0 Å². The van der Waals surface area contributed by atoms with Crippen molar-refractivity contribution in [3.8, 4) is 11.6 Å². The zero-order valence-electron chi connectivity index (χ0n) is 18.3. The monoisotopic (exact) mass is 440 g/mol. The molecule has 0 amide bonds. The van der Waals surface area contributed by atoms with Gasteiger partial charge in [-0.3, -0.25) is 4.98 Å². The maximum Gasteiger partial charge on any atom is 0.213 e. The molecule has 3 aromatic heterocycles. The van der Waals surface area contributed by atoms with Crippen molar-refractivity contribution in [3.63, 3.8) is 0 Å². The minimum absolute atomic E-state index is 0.367. The second kappa shape index (κ2) is 9.30. The molecule has 1 aliphatic carbocycles. The number of benzene rings is 1. The van der Waals surface area contributed by atoms with Gasteiger partial charge in [-0.1, -0.05) is 30.4 Å². The first-order chi connectivity index (χ1) is 16.2. The number of hydrogen-bond donors (Lipinski definition) is 1. The van der Waals surface area contributed by atoms with Crippen LogP contribution in [0.4, 0.5) is 5.69 Å². The highest BCUT2D eigenvalue weighted by Crippen LogP contribution is 2.26. The summed E-state index contributed by atoms with van der Waals surface area (Å²) in [6.07, 6.45) is 10.7. The van der Waals surface area contributed by atoms with E-state index in [2.05, 4.69) is 26.7 Å². The first-order valence-electron chi connectivity index (χ1n) is 10.9. The standard InChI is InChI=1S/C25H24N6O2/c1-33-24-11-10-22-25(28-24)23(12-14-27-22)31-16-18-15-19(8-9-20(18)29-31)26-13-4-6-17-5-2-3-7-21(17)30-32/h2-7,10-12,14,16,19,26H,8-9,13,15H2,1H3/b6-4+. The van der Waals surface area contributed by atoms with E-state index in [-0.39, 0.29) is 0 Å². The summed E-state index contributed by atoms with van der Waals surface area (Å²) in [6, 6.07) is 13.3. The Kier molecular flexibility index (Phi) is 5.91. The molecule has 1 aromatic carbocycles. The van der Waals surface area contributed by atoms with Gasteiger partial charge in [0, 0.05) is 36.6 Å². The highest BCUT2D eigenvalue weighted by Gasteiger charge is 2.22. The fourth-order valence-corrected chi connectivity index (χ4v) is 4.23. The largest absolute Gasteiger partial charge is 0.481 e. The second-order valence-electron chi connectivity index (χ2n) is 8.00. The first kappa shape index (κ1) is 21.0. The van der Waals surface area contributed by atoms with Gasteiger partial charge >= 0.3 is 0 Å². The van der Waals surface area contributed by atoms with E-state index in [4.69, 9.17) is 9.84 Å². The van der Waals surface area contributed by atoms with Gasteiger partial charge in [-0.2, -0.15) is 5.10 Å². The number of nitrogens with one attached hydrogen (secondary N) is 1. The molecule has 1 atom stereocenters. The maximum absolute atomic E-state index is 10.9. The van der Waals surface area contributed by atoms with Crippen molar-refractivity contribution in [3.05, 3.63) is 82.7 Å². The summed E-state index contributed by atoms with van der Waals surface area (Å²) in [6.45, 7) is 0.722. The zero-order valence-corrected chi connectivity index (χ0v) is 18.3. The van der Waals surface area contributed by atoms with Crippen LogP contribution in [-0.4, -0.2) is 39.4 Å². The average Bonchev–Trinajstić information content (AvgIpc) is 3.29. The van der Waals surface area contributed by atoms with Crippen LogP contribution in [0.25, 0.3) is 22.8 Å². The summed E-state index contributed by atoms with van der Waals surface area (Å²) < 4.78 is 7.20. The topological polar surface area (TPSA) is 94.3 Å². The van der Waals surface area contributed by atoms with Crippen molar-refractivity contribution in [2.75, 3.05) is 13.7 Å². The third-order valence-corrected chi connectivity index (χ3v) is 5.92. The number of aryl methyl sites for hydroxylation is 1. The van der Waals surface area contributed by atoms with E-state index in [0.717, 1.165) is 53.8 Å². The molecule has 4 aromatic rings. The van der Waals surface area contributed by atoms with Crippen molar-refractivity contribution >= 4 is 22.8 Å². The number of fused-ring (bicyclic) bond motifs is 2. The van der Waals surface area contributed by atoms with Crippen LogP contribution in [0.3, 0.4) is 0 Å². The Morgan fingerprint density at radius 3 is 3.03 bits per heavy atom. The van der Waals surface area contributed by atoms with Crippen molar-refractivity contribution in [1.82, 2.24) is 25.1 Å². The number of ether oxygens (including phenoxy) is 1. The molecule has 0 saturated heterocycles. The normalized spacial score (nSPS) is 15.6. The molecule has 0 fully saturated rings. The van der Waals surface area contributed by atoms with E-state index in [1.165, 1.54) is 5.56 Å². The van der Waals surface area contributed by atoms with Gasteiger partial charge in [-0.15, -0.1) is 4.91 Å². The highest BCUT2D eigenvalue weighted by molar-refractivity contribution is 5.83. The van der Waals surface area contributed by atoms with Crippen LogP contribution < -0.4 is 10.1 Å². The average molecular weight is 441 g/mol. The van der Waals surface area contributed by atoms with Crippen molar-refractivity contribution in [2.45, 2.75) is 25.3 Å². The molecule has 0 aliphatic heterocycles. The SMILES string of the molecule is COc1ccc2nccc(-n3cc4c(n3)CCC(NC/C=C/c3ccccc3N=O)C4)c2n1. The Morgan fingerprint density at radius 1 is 1.24 bits per heavy atom. The third-order valence-electron chi connectivity index (χ3n) is 5.92. The molecular formula is C25H24N6O2. The highest BCUT2D eigenvalue weighted by atomic mass is 16.5. The van der Waals surface area contributed by atoms with Crippen LogP contribution in [0.15, 0.2) is 66.1 Å². The summed E-state index contributed by atoms with van der Waals surface area (Å²) >= 11 is 0. The summed E-state index contributed by atoms with van der Waals surface area (Å²) in [7, 11) is 1.61. The summed E-state index contributed by atoms with van der Waals surface area (Å²) in [5.74, 6) is 0.553. The number of nitrogens with zero attached hydrogens (tertiary/aromatic N) is 5. The fraction of sp³-hybridized carbons (Fsp3) is 0.240. The molecule has 0 radical (unpaired) electrons. The van der Waals surface area contributed by atoms with Crippen molar-refractivity contribution < 1.29 is 4.74 Å². The fourth-order valence-electron chi connectivity index (χ4n) is 4.23. The minimum Gasteiger partial charge on any atom is -0.481 e. The molecule has 33 heavy (non-hydrogen) atoms. The molecule has 8 nitrogen and oxygen atoms in total. The first-order valence-corrected chi connectivity index (χ1v) is 10.9. The third kappa shape index (κ3) is 4.38. The number of hydrogen-bond acceptors (Lipinski definition) is 7. The second-order valence-corrected chi connectivity index (χ2v) is 8.00. The Labute approximate surface area is 191 Å². The molecule has 0 saturated carbocycles. The van der Waals surface area contributed by atoms with E-state index in [0.29, 0.717) is 17.6 Å². The van der Waals surface area contributed by atoms with Gasteiger partial charge in [0.25, 0.3) is 0 Å². The van der Waals surface area contributed by atoms with Crippen molar-refractivity contribution in [2.24, 2.45) is 5.18 Å². The van der Waals surface area contributed by atoms with Gasteiger partial charge in [-0.05, 0) is 48.2 Å². The number of nitroso groups, excluding NO2 is 1. The predicted molar refractivity (Wildman–Crippen MR) is 128 cm³/mol. The van der Waals surface area contributed by atoms with Crippen molar-refractivity contribution in [1.29, 1.82) is 0 Å². The van der Waals surface area contributed by atoms with E-state index in [1.807, 2.05) is 53.2 Å². The predicted octanol–water partition coefficient (Wildman–Crippen LogP) is 4.38. The summed E-state index contributed by atoms with van der Waals surface area (Å²) in [5, 5.41) is 11.5. The molecule has 0 bridgehead atoms. The van der Waals surface area contributed by atoms with Crippen LogP contribution in [0.5, 0.6) is 5.88 Å². The Balaban J connectivity index is 1.29. The Hall–Kier alpha value is -3.91. The van der Waals surface area contributed by atoms with E-state index in [9.17, 15) is 4.91 Å². The van der Waals surface area contributed by atoms with E-state index < -0.39 is 0 Å². The molecule has 166 valence electrons. The maximum atomic E-state index is 10.9. The smallest absolute Gasteiger partial charge is 0.213 e. The Morgan fingerprint density at radius 2 is 2.15 bits per heavy atom. The van der Waals surface area contributed by atoms with Gasteiger partial charge < -0.3 is 10.1 Å². The quantitative estimate of drug-likeness (QED) is 0.429. The summed E-state index contributed by atoms with van der Waals surface area (Å²) in [5.41, 5.74) is 6.12. The lowest BCUT2D eigenvalue weighted by atomic mass is 9.93. The lowest BCUT2D eigenvalue weighted by Gasteiger charge is -2.21. The Bertz CT molecular complexity index is 1330. The number of methoxy groups -OCH3 is 1. The van der Waals surface area contributed by atoms with Crippen LogP contribution >= 0.6 is 0 Å². The molecule has 1 unspecified atom stereocenters. The molecular weight excluding hydrogens is 416 g/mol. The zero-order chi connectivity index (χ0) is 22.6. The summed E-state index contributed by atoms with van der Waals surface area (Å²) in [4.78, 5) is 19.9. The molecule has 1 aliphatic rings. The van der Waals surface area contributed by atoms with Crippen LogP contribution in [0, 0.1) is 4.91 Å². The van der Waals surface area contributed by atoms with Gasteiger partial charge in [-0.25, -0.2) is 9.67 Å². The molecule has 5 rings (SSSR count). The number of rotatable bonds is 7. The molecule has 0 spiro atoms. The van der Waals surface area contributed by atoms with Crippen LogP contribution in [-0.2, 0) is 12.8 Å². The van der Waals surface area contributed by atoms with Crippen LogP contribution in [0.1, 0.15) is 23.2 Å². The lowest BCUT2D eigenvalue weighted by Crippen LogP contribution is -2.34. The number of aromatic nitrogens is 4. The van der Waals surface area contributed by atoms with Gasteiger partial charge in [0.2, 0.25) is 5.88 Å². The van der Waals surface area contributed by atoms with Gasteiger partial charge in [0.1, 0.15) is 11.2 Å². The van der Waals surface area contributed by atoms with Crippen LogP contribution in [0.2, 0.25) is 0 Å². The molecule has 3 heterocycles. The van der Waals surface area contributed by atoms with E-state index in [1.54, 1.807) is 19.4 Å². The minimum atomic E-state index is 0.367. The van der Waals surface area contributed by atoms with Gasteiger partial charge in [0.05, 0.1) is 24.0 Å². The van der Waals surface area contributed by atoms with E-state index >= 15 is 0 Å². The molecule has 1 N–H and O–H groups in total. The lowest BCUT2D eigenvalue weighted by molar-refractivity contribution is 0.399. The number of pyridine rings is 2. The molecule has 8 heteroatoms.